The number of amides is 1. The zero-order valence-corrected chi connectivity index (χ0v) is 16.5. The average Bonchev–Trinajstić information content (AvgIpc) is 3.00. The third-order valence-electron chi connectivity index (χ3n) is 5.18. The fourth-order valence-corrected chi connectivity index (χ4v) is 3.82. The maximum Gasteiger partial charge on any atom is 0.419 e. The van der Waals surface area contributed by atoms with E-state index in [1.807, 2.05) is 4.90 Å². The third-order valence-corrected chi connectivity index (χ3v) is 5.41. The molecule has 7 heteroatoms. The van der Waals surface area contributed by atoms with Crippen molar-refractivity contribution in [3.05, 3.63) is 63.6 Å². The van der Waals surface area contributed by atoms with Gasteiger partial charge in [0.15, 0.2) is 5.58 Å². The summed E-state index contributed by atoms with van der Waals surface area (Å²) in [5.41, 5.74) is 3.53. The number of anilines is 1. The Kier molecular flexibility index (Phi) is 5.13. The van der Waals surface area contributed by atoms with E-state index >= 15 is 0 Å². The number of aromatic nitrogens is 1. The van der Waals surface area contributed by atoms with Gasteiger partial charge >= 0.3 is 5.76 Å². The third kappa shape index (κ3) is 3.78. The molecule has 1 saturated heterocycles. The summed E-state index contributed by atoms with van der Waals surface area (Å²) >= 11 is 5.94. The summed E-state index contributed by atoms with van der Waals surface area (Å²) in [4.78, 5) is 28.9. The summed E-state index contributed by atoms with van der Waals surface area (Å²) in [6, 6.07) is 13.5. The van der Waals surface area contributed by atoms with Gasteiger partial charge in [-0.2, -0.15) is 0 Å². The molecule has 0 atom stereocenters. The van der Waals surface area contributed by atoms with E-state index < -0.39 is 5.76 Å². The van der Waals surface area contributed by atoms with Crippen LogP contribution in [-0.4, -0.2) is 41.6 Å². The second-order valence-corrected chi connectivity index (χ2v) is 7.52. The molecule has 2 heterocycles. The Hall–Kier alpha value is -2.73. The zero-order chi connectivity index (χ0) is 19.7. The van der Waals surface area contributed by atoms with Crippen molar-refractivity contribution in [3.63, 3.8) is 0 Å². The number of hydrogen-bond acceptors (Lipinski definition) is 4. The van der Waals surface area contributed by atoms with Crippen LogP contribution in [0.4, 0.5) is 5.69 Å². The van der Waals surface area contributed by atoms with Crippen molar-refractivity contribution in [2.75, 3.05) is 31.1 Å². The molecule has 0 aliphatic carbocycles. The van der Waals surface area contributed by atoms with E-state index in [9.17, 15) is 9.59 Å². The predicted octanol–water partition coefficient (Wildman–Crippen LogP) is 3.30. The predicted molar refractivity (Wildman–Crippen MR) is 110 cm³/mol. The highest BCUT2D eigenvalue weighted by atomic mass is 35.5. The van der Waals surface area contributed by atoms with Gasteiger partial charge in [-0.15, -0.1) is 0 Å². The Bertz CT molecular complexity index is 1060. The van der Waals surface area contributed by atoms with Gasteiger partial charge in [-0.1, -0.05) is 23.7 Å². The second-order valence-electron chi connectivity index (χ2n) is 7.09. The fourth-order valence-electron chi connectivity index (χ4n) is 3.66. The van der Waals surface area contributed by atoms with Crippen molar-refractivity contribution < 1.29 is 9.21 Å². The normalized spacial score (nSPS) is 14.6. The highest BCUT2D eigenvalue weighted by Gasteiger charge is 2.22. The van der Waals surface area contributed by atoms with Crippen LogP contribution < -0.4 is 10.7 Å². The number of oxazole rings is 1. The first-order chi connectivity index (χ1) is 13.5. The van der Waals surface area contributed by atoms with Crippen LogP contribution >= 0.6 is 11.6 Å². The van der Waals surface area contributed by atoms with Gasteiger partial charge in [-0.05, 0) is 36.8 Å². The van der Waals surface area contributed by atoms with Gasteiger partial charge in [0, 0.05) is 55.9 Å². The van der Waals surface area contributed by atoms with Crippen LogP contribution in [0.5, 0.6) is 0 Å². The molecular formula is C21H22ClN3O3. The molecule has 28 heavy (non-hydrogen) atoms. The quantitative estimate of drug-likeness (QED) is 0.675. The minimum atomic E-state index is -0.464. The van der Waals surface area contributed by atoms with Crippen molar-refractivity contribution in [2.45, 2.75) is 19.9 Å². The molecule has 0 N–H and O–H groups in total. The molecule has 0 unspecified atom stereocenters. The Morgan fingerprint density at radius 1 is 1.11 bits per heavy atom. The Morgan fingerprint density at radius 2 is 1.89 bits per heavy atom. The first-order valence-corrected chi connectivity index (χ1v) is 9.77. The van der Waals surface area contributed by atoms with Crippen molar-refractivity contribution in [1.29, 1.82) is 0 Å². The van der Waals surface area contributed by atoms with Gasteiger partial charge in [-0.25, -0.2) is 4.79 Å². The molecule has 0 spiro atoms. The molecule has 4 rings (SSSR count). The Labute approximate surface area is 167 Å². The molecule has 1 fully saturated rings. The lowest BCUT2D eigenvalue weighted by molar-refractivity contribution is -0.131. The first-order valence-electron chi connectivity index (χ1n) is 9.39. The van der Waals surface area contributed by atoms with E-state index in [0.29, 0.717) is 35.8 Å². The van der Waals surface area contributed by atoms with Crippen molar-refractivity contribution in [2.24, 2.45) is 0 Å². The number of nitrogens with zero attached hydrogens (tertiary/aromatic N) is 3. The molecule has 0 saturated carbocycles. The summed E-state index contributed by atoms with van der Waals surface area (Å²) < 4.78 is 6.71. The van der Waals surface area contributed by atoms with Crippen LogP contribution in [-0.2, 0) is 11.3 Å². The number of piperazine rings is 1. The van der Waals surface area contributed by atoms with Crippen molar-refractivity contribution in [1.82, 2.24) is 9.47 Å². The minimum Gasteiger partial charge on any atom is -0.408 e. The molecule has 6 nitrogen and oxygen atoms in total. The molecular weight excluding hydrogens is 378 g/mol. The number of halogens is 1. The van der Waals surface area contributed by atoms with Gasteiger partial charge in [0.2, 0.25) is 5.91 Å². The summed E-state index contributed by atoms with van der Waals surface area (Å²) in [6.45, 7) is 5.36. The van der Waals surface area contributed by atoms with Crippen LogP contribution in [0.3, 0.4) is 0 Å². The lowest BCUT2D eigenvalue weighted by atomic mass is 10.2. The van der Waals surface area contributed by atoms with E-state index in [1.54, 1.807) is 18.2 Å². The van der Waals surface area contributed by atoms with Crippen LogP contribution in [0.1, 0.15) is 12.0 Å². The first kappa shape index (κ1) is 18.6. The number of benzene rings is 2. The largest absolute Gasteiger partial charge is 0.419 e. The highest BCUT2D eigenvalue weighted by molar-refractivity contribution is 6.31. The summed E-state index contributed by atoms with van der Waals surface area (Å²) in [5, 5.41) is 0.510. The summed E-state index contributed by atoms with van der Waals surface area (Å²) in [5.74, 6) is -0.409. The van der Waals surface area contributed by atoms with Crippen LogP contribution in [0.2, 0.25) is 5.02 Å². The Morgan fingerprint density at radius 3 is 2.64 bits per heavy atom. The number of carbonyl (C=O) groups excluding carboxylic acids is 1. The molecule has 0 radical (unpaired) electrons. The van der Waals surface area contributed by atoms with E-state index in [2.05, 4.69) is 36.1 Å². The molecule has 1 aliphatic heterocycles. The smallest absolute Gasteiger partial charge is 0.408 e. The fraction of sp³-hybridized carbons (Fsp3) is 0.333. The lowest BCUT2D eigenvalue weighted by Gasteiger charge is -2.36. The van der Waals surface area contributed by atoms with Gasteiger partial charge in [0.25, 0.3) is 0 Å². The SMILES string of the molecule is Cc1cccc(N2CCN(C(=O)CCn3c(=O)oc4cc(Cl)ccc43)CC2)c1. The molecule has 2 aromatic carbocycles. The van der Waals surface area contributed by atoms with Crippen LogP contribution in [0, 0.1) is 6.92 Å². The molecule has 1 aromatic heterocycles. The van der Waals surface area contributed by atoms with E-state index in [1.165, 1.54) is 15.8 Å². The van der Waals surface area contributed by atoms with E-state index in [0.717, 1.165) is 13.1 Å². The van der Waals surface area contributed by atoms with Gasteiger partial charge in [-0.3, -0.25) is 9.36 Å². The molecule has 146 valence electrons. The maximum atomic E-state index is 12.6. The number of rotatable bonds is 4. The van der Waals surface area contributed by atoms with Crippen LogP contribution in [0.25, 0.3) is 11.1 Å². The van der Waals surface area contributed by atoms with Gasteiger partial charge in [0.1, 0.15) is 0 Å². The zero-order valence-electron chi connectivity index (χ0n) is 15.7. The minimum absolute atomic E-state index is 0.0547. The van der Waals surface area contributed by atoms with Gasteiger partial charge < -0.3 is 14.2 Å². The standard InChI is InChI=1S/C21H22ClN3O3/c1-15-3-2-4-17(13-15)23-9-11-24(12-10-23)20(26)7-8-25-18-6-5-16(22)14-19(18)28-21(25)27/h2-6,13-14H,7-12H2,1H3. The number of fused-ring (bicyclic) bond motifs is 1. The lowest BCUT2D eigenvalue weighted by Crippen LogP contribution is -2.49. The number of carbonyl (C=O) groups is 1. The Balaban J connectivity index is 1.37. The van der Waals surface area contributed by atoms with Crippen molar-refractivity contribution >= 4 is 34.3 Å². The topological polar surface area (TPSA) is 58.7 Å². The van der Waals surface area contributed by atoms with E-state index in [-0.39, 0.29) is 12.3 Å². The molecule has 1 aliphatic rings. The van der Waals surface area contributed by atoms with Crippen molar-refractivity contribution in [3.8, 4) is 0 Å². The highest BCUT2D eigenvalue weighted by Crippen LogP contribution is 2.20. The molecule has 3 aromatic rings. The summed E-state index contributed by atoms with van der Waals surface area (Å²) in [7, 11) is 0. The molecule has 0 bridgehead atoms. The second kappa shape index (κ2) is 7.72. The monoisotopic (exact) mass is 399 g/mol. The summed E-state index contributed by atoms with van der Waals surface area (Å²) in [6.07, 6.45) is 0.265. The van der Waals surface area contributed by atoms with Crippen LogP contribution in [0.15, 0.2) is 51.7 Å². The average molecular weight is 400 g/mol. The maximum absolute atomic E-state index is 12.6. The molecule has 1 amide bonds. The van der Waals surface area contributed by atoms with E-state index in [4.69, 9.17) is 16.0 Å². The number of aryl methyl sites for hydroxylation is 2. The van der Waals surface area contributed by atoms with Gasteiger partial charge in [0.05, 0.1) is 5.52 Å². The number of hydrogen-bond donors (Lipinski definition) is 0.